The van der Waals surface area contributed by atoms with Gasteiger partial charge in [-0.2, -0.15) is 0 Å². The largest absolute Gasteiger partial charge is 0.481 e. The van der Waals surface area contributed by atoms with Gasteiger partial charge < -0.3 is 49.3 Å². The summed E-state index contributed by atoms with van der Waals surface area (Å²) in [6, 6.07) is 13.1. The van der Waals surface area contributed by atoms with E-state index in [9.17, 15) is 34.8 Å². The third-order valence-electron chi connectivity index (χ3n) is 19.7. The summed E-state index contributed by atoms with van der Waals surface area (Å²) in [7, 11) is 6.46. The van der Waals surface area contributed by atoms with Crippen LogP contribution in [0.4, 0.5) is 0 Å². The number of aliphatic hydroxyl groups is 4. The number of likely N-dealkylation sites (N-methyl/N-ethyl adjacent to an activating group) is 3. The average Bonchev–Trinajstić information content (AvgIpc) is 4.00. The first-order valence-corrected chi connectivity index (χ1v) is 24.7. The number of ether oxygens (including phenoxy) is 3. The molecule has 13 nitrogen and oxygen atoms in total. The summed E-state index contributed by atoms with van der Waals surface area (Å²) in [5, 5.41) is 40.7. The predicted molar refractivity (Wildman–Crippen MR) is 244 cm³/mol. The van der Waals surface area contributed by atoms with Gasteiger partial charge in [0.05, 0.1) is 36.3 Å². The predicted octanol–water partition coefficient (Wildman–Crippen LogP) is 3.14. The third kappa shape index (κ3) is 5.16. The molecule has 5 fully saturated rings. The number of benzene rings is 3. The Hall–Kier alpha value is -4.47. The molecule has 13 heteroatoms. The molecule has 6 aliphatic carbocycles. The van der Waals surface area contributed by atoms with Gasteiger partial charge in [-0.1, -0.05) is 42.5 Å². The van der Waals surface area contributed by atoms with Crippen LogP contribution in [0.1, 0.15) is 95.0 Å². The summed E-state index contributed by atoms with van der Waals surface area (Å²) in [4.78, 5) is 44.9. The van der Waals surface area contributed by atoms with Crippen molar-refractivity contribution < 1.29 is 49.0 Å². The van der Waals surface area contributed by atoms with Gasteiger partial charge >= 0.3 is 0 Å². The van der Waals surface area contributed by atoms with Crippen LogP contribution in [0.3, 0.4) is 0 Å². The molecule has 3 aromatic rings. The smallest absolute Gasteiger partial charge is 0.196 e. The number of aliphatic hydroxyl groups excluding tert-OH is 3. The summed E-state index contributed by atoms with van der Waals surface area (Å²) in [6.45, 7) is 2.69. The third-order valence-corrected chi connectivity index (χ3v) is 19.7. The fraction of sp³-hybridized carbons (Fsp3) is 0.574. The van der Waals surface area contributed by atoms with Crippen molar-refractivity contribution in [2.45, 2.75) is 142 Å². The van der Waals surface area contributed by atoms with E-state index in [0.717, 1.165) is 104 Å². The zero-order valence-electron chi connectivity index (χ0n) is 38.6. The fourth-order valence-electron chi connectivity index (χ4n) is 16.7. The molecule has 3 aromatic carbocycles. The highest BCUT2D eigenvalue weighted by molar-refractivity contribution is 5.98. The van der Waals surface area contributed by atoms with Gasteiger partial charge in [0.1, 0.15) is 17.2 Å². The minimum Gasteiger partial charge on any atom is -0.481 e. The normalized spacial score (nSPS) is 39.1. The van der Waals surface area contributed by atoms with E-state index in [1.807, 2.05) is 24.3 Å². The van der Waals surface area contributed by atoms with Crippen LogP contribution in [0.15, 0.2) is 48.6 Å². The van der Waals surface area contributed by atoms with E-state index in [4.69, 9.17) is 14.2 Å². The zero-order valence-corrected chi connectivity index (χ0v) is 38.6. The van der Waals surface area contributed by atoms with E-state index in [1.54, 1.807) is 6.08 Å². The van der Waals surface area contributed by atoms with Crippen LogP contribution in [0.2, 0.25) is 0 Å². The molecule has 0 aromatic heterocycles. The molecule has 12 atom stereocenters. The number of likely N-dealkylation sites (tertiary alicyclic amines) is 3. The van der Waals surface area contributed by atoms with Crippen molar-refractivity contribution in [1.29, 1.82) is 0 Å². The molecule has 0 unspecified atom stereocenters. The number of hydrogen-bond acceptors (Lipinski definition) is 13. The Bertz CT molecular complexity index is 2710. The van der Waals surface area contributed by atoms with Crippen molar-refractivity contribution in [2.75, 3.05) is 40.8 Å². The number of rotatable bonds is 3. The monoisotopic (exact) mass is 911 g/mol. The Balaban J connectivity index is 0.0000000998. The van der Waals surface area contributed by atoms with Crippen molar-refractivity contribution >= 4 is 17.3 Å². The van der Waals surface area contributed by atoms with Gasteiger partial charge in [-0.25, -0.2) is 0 Å². The van der Waals surface area contributed by atoms with Crippen LogP contribution in [0.5, 0.6) is 17.2 Å². The van der Waals surface area contributed by atoms with Crippen molar-refractivity contribution in [3.63, 3.8) is 0 Å². The molecule has 3 saturated heterocycles. The highest BCUT2D eigenvalue weighted by Gasteiger charge is 2.73. The van der Waals surface area contributed by atoms with E-state index >= 15 is 0 Å². The SMILES string of the molecule is CN1CC[C@]23c4c5ccc(CO)c4O[C@H]2C(=O)C=C[C@H]3[C@H]1C5.CN1CC[C@]23c4c5ccc(CO)c4O[C@H]2C(=O)CC[C@@]3(O)[C@H]1C5.CN1CC[C@]23c4c5ccc(CO)c4O[C@H]2C(=O)CC[C@H]3[C@H]1C5. The molecular formula is C54H61N3O10. The molecule has 6 aliphatic heterocycles. The molecule has 6 bridgehead atoms. The first-order valence-electron chi connectivity index (χ1n) is 24.7. The second kappa shape index (κ2) is 14.5. The van der Waals surface area contributed by atoms with Crippen LogP contribution >= 0.6 is 0 Å². The van der Waals surface area contributed by atoms with Gasteiger partial charge in [0.25, 0.3) is 0 Å². The Labute approximate surface area is 390 Å². The first kappa shape index (κ1) is 42.6. The minimum absolute atomic E-state index is 0.0202. The molecule has 0 amide bonds. The number of carbonyl (C=O) groups excluding carboxylic acids is 3. The van der Waals surface area contributed by atoms with Crippen molar-refractivity contribution in [3.05, 3.63) is 98.6 Å². The van der Waals surface area contributed by atoms with Gasteiger partial charge in [-0.05, 0) is 121 Å². The van der Waals surface area contributed by atoms with Crippen LogP contribution in [-0.4, -0.2) is 135 Å². The maximum Gasteiger partial charge on any atom is 0.196 e. The minimum atomic E-state index is -0.926. The van der Waals surface area contributed by atoms with Crippen molar-refractivity contribution in [1.82, 2.24) is 14.7 Å². The summed E-state index contributed by atoms with van der Waals surface area (Å²) < 4.78 is 18.5. The highest BCUT2D eigenvalue weighted by Crippen LogP contribution is 2.65. The van der Waals surface area contributed by atoms with E-state index in [-0.39, 0.29) is 60.1 Å². The number of piperidine rings is 3. The molecule has 6 heterocycles. The van der Waals surface area contributed by atoms with Gasteiger partial charge in [-0.3, -0.25) is 14.4 Å². The number of Topliss-reactive ketones (excluding diaryl/α,β-unsaturated/α-hetero) is 2. The van der Waals surface area contributed by atoms with Crippen LogP contribution in [0, 0.1) is 11.8 Å². The van der Waals surface area contributed by atoms with E-state index in [2.05, 4.69) is 54.1 Å². The summed E-state index contributed by atoms with van der Waals surface area (Å²) in [6.07, 6.45) is 10.5. The quantitative estimate of drug-likeness (QED) is 0.303. The molecule has 2 saturated carbocycles. The number of ketones is 3. The number of hydrogen-bond donors (Lipinski definition) is 4. The van der Waals surface area contributed by atoms with Gasteiger partial charge in [-0.15, -0.1) is 0 Å². The summed E-state index contributed by atoms with van der Waals surface area (Å²) in [5.74, 6) is 3.54. The lowest BCUT2D eigenvalue weighted by molar-refractivity contribution is -0.185. The Kier molecular flexibility index (Phi) is 9.25. The lowest BCUT2D eigenvalue weighted by atomic mass is 9.49. The molecule has 15 rings (SSSR count). The van der Waals surface area contributed by atoms with Crippen LogP contribution in [0.25, 0.3) is 0 Å². The molecule has 67 heavy (non-hydrogen) atoms. The highest BCUT2D eigenvalue weighted by atomic mass is 16.5. The zero-order chi connectivity index (χ0) is 46.1. The fourth-order valence-corrected chi connectivity index (χ4v) is 16.7. The van der Waals surface area contributed by atoms with Crippen LogP contribution in [-0.2, 0) is 69.7 Å². The summed E-state index contributed by atoms with van der Waals surface area (Å²) in [5.41, 5.74) is 7.77. The number of carbonyl (C=O) groups is 3. The van der Waals surface area contributed by atoms with Gasteiger partial charge in [0, 0.05) is 75.7 Å². The molecule has 3 spiro atoms. The lowest BCUT2D eigenvalue weighted by Gasteiger charge is -2.62. The summed E-state index contributed by atoms with van der Waals surface area (Å²) >= 11 is 0. The molecule has 12 aliphatic rings. The van der Waals surface area contributed by atoms with Crippen molar-refractivity contribution in [3.8, 4) is 17.2 Å². The van der Waals surface area contributed by atoms with Gasteiger partial charge in [0.2, 0.25) is 0 Å². The standard InChI is InChI=1S/C18H21NO4.C18H21NO3.C18H19NO3/c1-19-7-6-17-14-10-2-3-11(9-20)15(14)23-16(17)12(21)4-5-18(17,22)13(19)8-10;2*1-19-7-6-18-12-4-5-14(21)17(18)22-16-11(9-20)3-2-10(15(16)18)8-13(12)19/h2-3,13,16,20,22H,4-9H2,1H3;2-3,12-13,17,20H,4-9H2,1H3;2-5,12-13,17,20H,6-9H2,1H3/t13-,16+,17+,18-;2*12-,13+,17-,18-/m100/s1. The number of nitrogens with zero attached hydrogens (tertiary/aromatic N) is 3. The maximum absolute atomic E-state index is 12.6. The first-order chi connectivity index (χ1) is 32.4. The molecule has 4 N–H and O–H groups in total. The Morgan fingerprint density at radius 1 is 0.597 bits per heavy atom. The molecule has 352 valence electrons. The maximum atomic E-state index is 12.6. The lowest BCUT2D eigenvalue weighted by Crippen LogP contribution is -2.76. The van der Waals surface area contributed by atoms with E-state index in [1.165, 1.54) is 22.3 Å². The van der Waals surface area contributed by atoms with Gasteiger partial charge in [0.15, 0.2) is 35.7 Å². The second-order valence-electron chi connectivity index (χ2n) is 22.0. The van der Waals surface area contributed by atoms with Crippen LogP contribution < -0.4 is 14.2 Å². The molecule has 0 radical (unpaired) electrons. The Morgan fingerprint density at radius 2 is 1.13 bits per heavy atom. The second-order valence-corrected chi connectivity index (χ2v) is 22.0. The van der Waals surface area contributed by atoms with E-state index < -0.39 is 23.2 Å². The average molecular weight is 912 g/mol. The Morgan fingerprint density at radius 3 is 1.81 bits per heavy atom. The molecular weight excluding hydrogens is 851 g/mol. The van der Waals surface area contributed by atoms with E-state index in [0.29, 0.717) is 48.9 Å². The van der Waals surface area contributed by atoms with Crippen molar-refractivity contribution in [2.24, 2.45) is 11.8 Å². The topological polar surface area (TPSA) is 170 Å².